The van der Waals surface area contributed by atoms with E-state index in [1.54, 1.807) is 16.7 Å². The lowest BCUT2D eigenvalue weighted by Crippen LogP contribution is -2.40. The number of anilines is 2. The van der Waals surface area contributed by atoms with E-state index in [0.717, 1.165) is 17.0 Å². The molecule has 25 heavy (non-hydrogen) atoms. The van der Waals surface area contributed by atoms with Gasteiger partial charge in [0.05, 0.1) is 17.1 Å². The second-order valence-electron chi connectivity index (χ2n) is 6.00. The molecule has 4 nitrogen and oxygen atoms in total. The number of amides is 2. The number of hydrogen-bond acceptors (Lipinski definition) is 3. The van der Waals surface area contributed by atoms with Crippen LogP contribution in [0.4, 0.5) is 11.4 Å². The van der Waals surface area contributed by atoms with Crippen molar-refractivity contribution >= 4 is 46.6 Å². The highest BCUT2D eigenvalue weighted by Crippen LogP contribution is 2.31. The molecule has 1 aliphatic heterocycles. The standard InChI is InChI=1S/C19H19ClN2O2S/c1-13-10-18(23)21-16-4-2-3-5-17(16)22(13)19(24)12-25-11-14-6-8-15(20)9-7-14/h2-9,13H,10-12H2,1H3,(H,21,23). The van der Waals surface area contributed by atoms with E-state index in [4.69, 9.17) is 11.6 Å². The minimum absolute atomic E-state index is 0.00964. The van der Waals surface area contributed by atoms with Crippen LogP contribution in [-0.4, -0.2) is 23.6 Å². The Morgan fingerprint density at radius 3 is 2.72 bits per heavy atom. The number of thioether (sulfide) groups is 1. The Kier molecular flexibility index (Phi) is 5.66. The first-order valence-electron chi connectivity index (χ1n) is 8.07. The van der Waals surface area contributed by atoms with Crippen molar-refractivity contribution in [2.24, 2.45) is 0 Å². The van der Waals surface area contributed by atoms with Gasteiger partial charge in [-0.3, -0.25) is 9.59 Å². The molecule has 0 fully saturated rings. The lowest BCUT2D eigenvalue weighted by molar-refractivity contribution is -0.117. The van der Waals surface area contributed by atoms with Gasteiger partial charge in [0.15, 0.2) is 0 Å². The molecular weight excluding hydrogens is 356 g/mol. The van der Waals surface area contributed by atoms with E-state index >= 15 is 0 Å². The SMILES string of the molecule is CC1CC(=O)Nc2ccccc2N1C(=O)CSCc1ccc(Cl)cc1. The summed E-state index contributed by atoms with van der Waals surface area (Å²) in [5, 5.41) is 3.58. The highest BCUT2D eigenvalue weighted by molar-refractivity contribution is 7.99. The third-order valence-corrected chi connectivity index (χ3v) is 5.28. The van der Waals surface area contributed by atoms with Gasteiger partial charge < -0.3 is 10.2 Å². The number of halogens is 1. The summed E-state index contributed by atoms with van der Waals surface area (Å²) in [6.07, 6.45) is 0.294. The first kappa shape index (κ1) is 17.8. The summed E-state index contributed by atoms with van der Waals surface area (Å²) in [5.74, 6) is 1.04. The maximum Gasteiger partial charge on any atom is 0.237 e. The molecule has 0 spiro atoms. The van der Waals surface area contributed by atoms with Crippen molar-refractivity contribution in [1.82, 2.24) is 0 Å². The van der Waals surface area contributed by atoms with Gasteiger partial charge in [-0.25, -0.2) is 0 Å². The molecule has 2 aromatic rings. The van der Waals surface area contributed by atoms with Gasteiger partial charge >= 0.3 is 0 Å². The number of rotatable bonds is 4. The third kappa shape index (κ3) is 4.35. The number of para-hydroxylation sites is 2. The molecule has 1 atom stereocenters. The quantitative estimate of drug-likeness (QED) is 0.866. The molecule has 0 saturated carbocycles. The third-order valence-electron chi connectivity index (χ3n) is 4.04. The van der Waals surface area contributed by atoms with Crippen LogP contribution in [0.5, 0.6) is 0 Å². The molecule has 1 heterocycles. The van der Waals surface area contributed by atoms with Crippen LogP contribution in [0.1, 0.15) is 18.9 Å². The second kappa shape index (κ2) is 7.93. The minimum atomic E-state index is -0.174. The molecule has 2 aromatic carbocycles. The Balaban J connectivity index is 1.69. The summed E-state index contributed by atoms with van der Waals surface area (Å²) < 4.78 is 0. The summed E-state index contributed by atoms with van der Waals surface area (Å²) in [5.41, 5.74) is 2.58. The van der Waals surface area contributed by atoms with Crippen LogP contribution in [-0.2, 0) is 15.3 Å². The monoisotopic (exact) mass is 374 g/mol. The minimum Gasteiger partial charge on any atom is -0.324 e. The zero-order chi connectivity index (χ0) is 17.8. The molecule has 130 valence electrons. The largest absolute Gasteiger partial charge is 0.324 e. The van der Waals surface area contributed by atoms with Gasteiger partial charge in [0.2, 0.25) is 11.8 Å². The fraction of sp³-hybridized carbons (Fsp3) is 0.263. The number of fused-ring (bicyclic) bond motifs is 1. The van der Waals surface area contributed by atoms with Crippen molar-refractivity contribution in [3.8, 4) is 0 Å². The zero-order valence-electron chi connectivity index (χ0n) is 13.9. The summed E-state index contributed by atoms with van der Waals surface area (Å²) in [7, 11) is 0. The molecule has 0 aromatic heterocycles. The number of carbonyl (C=O) groups is 2. The number of benzene rings is 2. The predicted octanol–water partition coefficient (Wildman–Crippen LogP) is 4.34. The Labute approximate surface area is 156 Å². The van der Waals surface area contributed by atoms with E-state index < -0.39 is 0 Å². The first-order valence-corrected chi connectivity index (χ1v) is 9.61. The van der Waals surface area contributed by atoms with Crippen molar-refractivity contribution in [2.45, 2.75) is 25.1 Å². The van der Waals surface area contributed by atoms with Crippen LogP contribution >= 0.6 is 23.4 Å². The molecule has 0 saturated heterocycles. The van der Waals surface area contributed by atoms with E-state index in [-0.39, 0.29) is 17.9 Å². The number of carbonyl (C=O) groups excluding carboxylic acids is 2. The summed E-state index contributed by atoms with van der Waals surface area (Å²) >= 11 is 7.45. The van der Waals surface area contributed by atoms with E-state index in [1.165, 1.54) is 0 Å². The lowest BCUT2D eigenvalue weighted by Gasteiger charge is -2.27. The van der Waals surface area contributed by atoms with Crippen molar-refractivity contribution in [2.75, 3.05) is 16.0 Å². The van der Waals surface area contributed by atoms with Gasteiger partial charge in [-0.05, 0) is 36.8 Å². The fourth-order valence-electron chi connectivity index (χ4n) is 2.87. The van der Waals surface area contributed by atoms with Crippen LogP contribution in [0.3, 0.4) is 0 Å². The van der Waals surface area contributed by atoms with E-state index in [0.29, 0.717) is 22.9 Å². The van der Waals surface area contributed by atoms with Gasteiger partial charge in [0, 0.05) is 23.2 Å². The average Bonchev–Trinajstić information content (AvgIpc) is 2.70. The van der Waals surface area contributed by atoms with Crippen LogP contribution < -0.4 is 10.2 Å². The number of nitrogens with one attached hydrogen (secondary N) is 1. The summed E-state index contributed by atoms with van der Waals surface area (Å²) in [4.78, 5) is 26.5. The maximum absolute atomic E-state index is 12.8. The van der Waals surface area contributed by atoms with Crippen molar-refractivity contribution < 1.29 is 9.59 Å². The Morgan fingerprint density at radius 1 is 1.24 bits per heavy atom. The molecular formula is C19H19ClN2O2S. The second-order valence-corrected chi connectivity index (χ2v) is 7.42. The smallest absolute Gasteiger partial charge is 0.237 e. The summed E-state index contributed by atoms with van der Waals surface area (Å²) in [6, 6.07) is 14.9. The van der Waals surface area contributed by atoms with Crippen LogP contribution in [0.15, 0.2) is 48.5 Å². The molecule has 1 unspecified atom stereocenters. The van der Waals surface area contributed by atoms with Crippen molar-refractivity contribution in [1.29, 1.82) is 0 Å². The molecule has 0 bridgehead atoms. The van der Waals surface area contributed by atoms with Crippen LogP contribution in [0, 0.1) is 0 Å². The summed E-state index contributed by atoms with van der Waals surface area (Å²) in [6.45, 7) is 1.91. The van der Waals surface area contributed by atoms with Gasteiger partial charge in [-0.15, -0.1) is 11.8 Å². The first-order chi connectivity index (χ1) is 12.0. The molecule has 1 N–H and O–H groups in total. The van der Waals surface area contributed by atoms with Crippen molar-refractivity contribution in [3.05, 3.63) is 59.1 Å². The van der Waals surface area contributed by atoms with Gasteiger partial charge in [-0.2, -0.15) is 0 Å². The zero-order valence-corrected chi connectivity index (χ0v) is 15.4. The molecule has 1 aliphatic rings. The number of nitrogens with zero attached hydrogens (tertiary/aromatic N) is 1. The molecule has 0 radical (unpaired) electrons. The predicted molar refractivity (Wildman–Crippen MR) is 104 cm³/mol. The number of hydrogen-bond donors (Lipinski definition) is 1. The lowest BCUT2D eigenvalue weighted by atomic mass is 10.2. The normalized spacial score (nSPS) is 16.8. The highest BCUT2D eigenvalue weighted by Gasteiger charge is 2.29. The van der Waals surface area contributed by atoms with Gasteiger partial charge in [-0.1, -0.05) is 35.9 Å². The molecule has 0 aliphatic carbocycles. The topological polar surface area (TPSA) is 49.4 Å². The average molecular weight is 375 g/mol. The Hall–Kier alpha value is -1.98. The van der Waals surface area contributed by atoms with Crippen LogP contribution in [0.25, 0.3) is 0 Å². The molecule has 6 heteroatoms. The van der Waals surface area contributed by atoms with E-state index in [1.807, 2.05) is 55.5 Å². The van der Waals surface area contributed by atoms with Gasteiger partial charge in [0.25, 0.3) is 0 Å². The maximum atomic E-state index is 12.8. The van der Waals surface area contributed by atoms with Gasteiger partial charge in [0.1, 0.15) is 0 Å². The molecule has 2 amide bonds. The Bertz CT molecular complexity index is 779. The van der Waals surface area contributed by atoms with Crippen molar-refractivity contribution in [3.63, 3.8) is 0 Å². The Morgan fingerprint density at radius 2 is 1.96 bits per heavy atom. The highest BCUT2D eigenvalue weighted by atomic mass is 35.5. The van der Waals surface area contributed by atoms with Crippen LogP contribution in [0.2, 0.25) is 5.02 Å². The molecule has 3 rings (SSSR count). The van der Waals surface area contributed by atoms with E-state index in [2.05, 4.69) is 5.32 Å². The fourth-order valence-corrected chi connectivity index (χ4v) is 3.84. The van der Waals surface area contributed by atoms with E-state index in [9.17, 15) is 9.59 Å².